The average molecular weight is 174 g/mol. The summed E-state index contributed by atoms with van der Waals surface area (Å²) in [6.45, 7) is 4.10. The van der Waals surface area contributed by atoms with E-state index in [0.717, 1.165) is 13.0 Å². The average Bonchev–Trinajstić information content (AvgIpc) is 2.11. The number of methoxy groups -OCH3 is 1. The number of amides is 1. The van der Waals surface area contributed by atoms with Crippen LogP contribution in [0.15, 0.2) is 0 Å². The van der Waals surface area contributed by atoms with Gasteiger partial charge in [-0.15, -0.1) is 0 Å². The van der Waals surface area contributed by atoms with Gasteiger partial charge in [0.05, 0.1) is 13.2 Å². The summed E-state index contributed by atoms with van der Waals surface area (Å²) in [5.74, 6) is -0.00565. The third kappa shape index (κ3) is 4.31. The summed E-state index contributed by atoms with van der Waals surface area (Å²) in [6, 6.07) is 0. The van der Waals surface area contributed by atoms with E-state index in [4.69, 9.17) is 10.5 Å². The van der Waals surface area contributed by atoms with Crippen LogP contribution in [0, 0.1) is 0 Å². The molecule has 0 atom stereocenters. The van der Waals surface area contributed by atoms with Gasteiger partial charge in [-0.25, -0.2) is 0 Å². The third-order valence-corrected chi connectivity index (χ3v) is 1.59. The van der Waals surface area contributed by atoms with Gasteiger partial charge < -0.3 is 15.4 Å². The summed E-state index contributed by atoms with van der Waals surface area (Å²) >= 11 is 0. The minimum Gasteiger partial charge on any atom is -0.383 e. The van der Waals surface area contributed by atoms with Crippen molar-refractivity contribution in [3.8, 4) is 0 Å². The lowest BCUT2D eigenvalue weighted by Crippen LogP contribution is -2.38. The molecule has 72 valence electrons. The van der Waals surface area contributed by atoms with E-state index in [1.54, 1.807) is 12.0 Å². The van der Waals surface area contributed by atoms with E-state index in [-0.39, 0.29) is 12.5 Å². The van der Waals surface area contributed by atoms with Gasteiger partial charge >= 0.3 is 0 Å². The molecule has 0 spiro atoms. The molecule has 2 N–H and O–H groups in total. The minimum atomic E-state index is -0.00565. The molecule has 0 rings (SSSR count). The highest BCUT2D eigenvalue weighted by atomic mass is 16.5. The lowest BCUT2D eigenvalue weighted by Gasteiger charge is -2.20. The number of nitrogens with zero attached hydrogens (tertiary/aromatic N) is 1. The zero-order valence-electron chi connectivity index (χ0n) is 7.88. The van der Waals surface area contributed by atoms with Gasteiger partial charge in [0.15, 0.2) is 0 Å². The second-order valence-electron chi connectivity index (χ2n) is 2.58. The molecule has 0 aromatic carbocycles. The molecule has 0 radical (unpaired) electrons. The van der Waals surface area contributed by atoms with Crippen LogP contribution in [0.2, 0.25) is 0 Å². The predicted octanol–water partition coefficient (Wildman–Crippen LogP) is -0.170. The van der Waals surface area contributed by atoms with Crippen LogP contribution in [0.3, 0.4) is 0 Å². The first-order valence-electron chi connectivity index (χ1n) is 4.23. The van der Waals surface area contributed by atoms with Gasteiger partial charge in [0, 0.05) is 20.2 Å². The molecule has 0 aliphatic heterocycles. The smallest absolute Gasteiger partial charge is 0.236 e. The fourth-order valence-electron chi connectivity index (χ4n) is 0.962. The van der Waals surface area contributed by atoms with E-state index in [1.807, 2.05) is 6.92 Å². The Hall–Kier alpha value is -0.610. The van der Waals surface area contributed by atoms with Gasteiger partial charge in [0.1, 0.15) is 0 Å². The molecule has 0 bridgehead atoms. The molecule has 0 unspecified atom stereocenters. The van der Waals surface area contributed by atoms with E-state index < -0.39 is 0 Å². The maximum atomic E-state index is 11.2. The normalized spacial score (nSPS) is 9.92. The van der Waals surface area contributed by atoms with Crippen LogP contribution in [0.4, 0.5) is 0 Å². The molecule has 4 heteroatoms. The van der Waals surface area contributed by atoms with Crippen molar-refractivity contribution >= 4 is 5.91 Å². The number of ether oxygens (including phenoxy) is 1. The Morgan fingerprint density at radius 1 is 1.50 bits per heavy atom. The van der Waals surface area contributed by atoms with Crippen LogP contribution in [0.25, 0.3) is 0 Å². The van der Waals surface area contributed by atoms with Gasteiger partial charge in [-0.3, -0.25) is 4.79 Å². The molecule has 0 saturated heterocycles. The van der Waals surface area contributed by atoms with Gasteiger partial charge in [0.2, 0.25) is 5.91 Å². The Labute approximate surface area is 73.7 Å². The largest absolute Gasteiger partial charge is 0.383 e. The SMILES string of the molecule is CCCN(CCOC)C(=O)CN. The second kappa shape index (κ2) is 7.06. The first-order valence-corrected chi connectivity index (χ1v) is 4.23. The fraction of sp³-hybridized carbons (Fsp3) is 0.875. The molecular formula is C8H18N2O2. The van der Waals surface area contributed by atoms with E-state index in [2.05, 4.69) is 0 Å². The van der Waals surface area contributed by atoms with Crippen molar-refractivity contribution < 1.29 is 9.53 Å². The summed E-state index contributed by atoms with van der Waals surface area (Å²) in [7, 11) is 1.62. The quantitative estimate of drug-likeness (QED) is 0.608. The fourth-order valence-corrected chi connectivity index (χ4v) is 0.962. The van der Waals surface area contributed by atoms with Crippen LogP contribution in [-0.4, -0.2) is 44.2 Å². The first kappa shape index (κ1) is 11.4. The summed E-state index contributed by atoms with van der Waals surface area (Å²) in [4.78, 5) is 12.9. The van der Waals surface area contributed by atoms with E-state index in [0.29, 0.717) is 13.2 Å². The van der Waals surface area contributed by atoms with E-state index in [1.165, 1.54) is 0 Å². The van der Waals surface area contributed by atoms with Crippen molar-refractivity contribution in [2.45, 2.75) is 13.3 Å². The molecule has 1 amide bonds. The van der Waals surface area contributed by atoms with Crippen molar-refractivity contribution in [3.63, 3.8) is 0 Å². The highest BCUT2D eigenvalue weighted by Crippen LogP contribution is 1.91. The van der Waals surface area contributed by atoms with E-state index >= 15 is 0 Å². The van der Waals surface area contributed by atoms with Gasteiger partial charge in [-0.2, -0.15) is 0 Å². The number of carbonyl (C=O) groups excluding carboxylic acids is 1. The van der Waals surface area contributed by atoms with Crippen LogP contribution in [0.5, 0.6) is 0 Å². The van der Waals surface area contributed by atoms with Gasteiger partial charge in [0.25, 0.3) is 0 Å². The minimum absolute atomic E-state index is 0.00565. The third-order valence-electron chi connectivity index (χ3n) is 1.59. The molecule has 0 aliphatic carbocycles. The Morgan fingerprint density at radius 3 is 2.58 bits per heavy atom. The molecular weight excluding hydrogens is 156 g/mol. The molecule has 0 aromatic rings. The van der Waals surface area contributed by atoms with Crippen molar-refractivity contribution in [1.82, 2.24) is 4.90 Å². The molecule has 0 saturated carbocycles. The predicted molar refractivity (Wildman–Crippen MR) is 47.8 cm³/mol. The van der Waals surface area contributed by atoms with E-state index in [9.17, 15) is 4.79 Å². The van der Waals surface area contributed by atoms with Crippen LogP contribution in [0.1, 0.15) is 13.3 Å². The van der Waals surface area contributed by atoms with Gasteiger partial charge in [-0.05, 0) is 6.42 Å². The topological polar surface area (TPSA) is 55.6 Å². The Morgan fingerprint density at radius 2 is 2.17 bits per heavy atom. The molecule has 0 fully saturated rings. The number of hydrogen-bond acceptors (Lipinski definition) is 3. The van der Waals surface area contributed by atoms with Crippen LogP contribution in [-0.2, 0) is 9.53 Å². The summed E-state index contributed by atoms with van der Waals surface area (Å²) in [5, 5.41) is 0. The summed E-state index contributed by atoms with van der Waals surface area (Å²) < 4.78 is 4.88. The highest BCUT2D eigenvalue weighted by Gasteiger charge is 2.08. The molecule has 0 aromatic heterocycles. The molecule has 0 aliphatic rings. The first-order chi connectivity index (χ1) is 5.76. The lowest BCUT2D eigenvalue weighted by atomic mass is 10.4. The zero-order chi connectivity index (χ0) is 9.40. The standard InChI is InChI=1S/C8H18N2O2/c1-3-4-10(5-6-12-2)8(11)7-9/h3-7,9H2,1-2H3. The van der Waals surface area contributed by atoms with Crippen molar-refractivity contribution in [1.29, 1.82) is 0 Å². The maximum Gasteiger partial charge on any atom is 0.236 e. The highest BCUT2D eigenvalue weighted by molar-refractivity contribution is 5.77. The summed E-state index contributed by atoms with van der Waals surface area (Å²) in [5.41, 5.74) is 5.24. The van der Waals surface area contributed by atoms with Gasteiger partial charge in [-0.1, -0.05) is 6.92 Å². The molecule has 0 heterocycles. The monoisotopic (exact) mass is 174 g/mol. The Bertz CT molecular complexity index is 128. The van der Waals surface area contributed by atoms with Crippen molar-refractivity contribution in [2.75, 3.05) is 33.4 Å². The number of carbonyl (C=O) groups is 1. The number of hydrogen-bond donors (Lipinski definition) is 1. The Balaban J connectivity index is 3.76. The Kier molecular flexibility index (Phi) is 6.70. The number of nitrogens with two attached hydrogens (primary N) is 1. The molecule has 4 nitrogen and oxygen atoms in total. The lowest BCUT2D eigenvalue weighted by molar-refractivity contribution is -0.130. The van der Waals surface area contributed by atoms with Crippen LogP contribution < -0.4 is 5.73 Å². The zero-order valence-corrected chi connectivity index (χ0v) is 7.88. The van der Waals surface area contributed by atoms with Crippen LogP contribution >= 0.6 is 0 Å². The van der Waals surface area contributed by atoms with Crippen molar-refractivity contribution in [2.24, 2.45) is 5.73 Å². The molecule has 12 heavy (non-hydrogen) atoms. The van der Waals surface area contributed by atoms with Crippen molar-refractivity contribution in [3.05, 3.63) is 0 Å². The summed E-state index contributed by atoms with van der Waals surface area (Å²) in [6.07, 6.45) is 0.954. The number of rotatable bonds is 6. The maximum absolute atomic E-state index is 11.2. The second-order valence-corrected chi connectivity index (χ2v) is 2.58.